The van der Waals surface area contributed by atoms with E-state index in [0.29, 0.717) is 53.8 Å². The van der Waals surface area contributed by atoms with Crippen LogP contribution in [0.3, 0.4) is 0 Å². The highest BCUT2D eigenvalue weighted by Gasteiger charge is 2.30. The first-order valence-corrected chi connectivity index (χ1v) is 10.9. The molecule has 4 rings (SSSR count). The van der Waals surface area contributed by atoms with Gasteiger partial charge in [0.05, 0.1) is 20.8 Å². The first-order chi connectivity index (χ1) is 15.9. The number of carbonyl (C=O) groups is 2. The van der Waals surface area contributed by atoms with Crippen molar-refractivity contribution in [2.45, 2.75) is 19.5 Å². The molecule has 0 atom stereocenters. The summed E-state index contributed by atoms with van der Waals surface area (Å²) < 4.78 is 12.3. The lowest BCUT2D eigenvalue weighted by molar-refractivity contribution is 0.0729. The topological polar surface area (TPSA) is 85.7 Å². The van der Waals surface area contributed by atoms with Crippen LogP contribution in [0.25, 0.3) is 0 Å². The summed E-state index contributed by atoms with van der Waals surface area (Å²) in [5.41, 5.74) is 3.45. The summed E-state index contributed by atoms with van der Waals surface area (Å²) in [4.78, 5) is 27.9. The van der Waals surface area contributed by atoms with Gasteiger partial charge in [-0.1, -0.05) is 23.7 Å². The minimum absolute atomic E-state index is 0.158. The molecule has 9 heteroatoms. The highest BCUT2D eigenvalue weighted by molar-refractivity contribution is 6.30. The average Bonchev–Trinajstić information content (AvgIpc) is 3.18. The van der Waals surface area contributed by atoms with Crippen LogP contribution < -0.4 is 14.8 Å². The van der Waals surface area contributed by atoms with Gasteiger partial charge in [-0.3, -0.25) is 14.3 Å². The number of carbonyl (C=O) groups excluding carboxylic acids is 2. The van der Waals surface area contributed by atoms with Crippen LogP contribution in [-0.4, -0.2) is 47.3 Å². The molecule has 2 heterocycles. The number of rotatable bonds is 6. The fourth-order valence-corrected chi connectivity index (χ4v) is 4.06. The van der Waals surface area contributed by atoms with Gasteiger partial charge in [0.1, 0.15) is 11.5 Å². The predicted octanol–water partition coefficient (Wildman–Crippen LogP) is 3.22. The van der Waals surface area contributed by atoms with Crippen molar-refractivity contribution < 1.29 is 19.1 Å². The van der Waals surface area contributed by atoms with Gasteiger partial charge in [0.2, 0.25) is 0 Å². The molecule has 0 spiro atoms. The minimum Gasteiger partial charge on any atom is -0.497 e. The van der Waals surface area contributed by atoms with Crippen LogP contribution in [-0.2, 0) is 26.6 Å². The molecule has 0 fully saturated rings. The van der Waals surface area contributed by atoms with E-state index in [1.807, 2.05) is 19.2 Å². The van der Waals surface area contributed by atoms with Crippen LogP contribution in [0.2, 0.25) is 5.02 Å². The summed E-state index contributed by atoms with van der Waals surface area (Å²) in [6, 6.07) is 12.4. The number of fused-ring (bicyclic) bond motifs is 1. The van der Waals surface area contributed by atoms with Gasteiger partial charge in [-0.15, -0.1) is 0 Å². The van der Waals surface area contributed by atoms with E-state index in [9.17, 15) is 9.59 Å². The summed E-state index contributed by atoms with van der Waals surface area (Å²) in [6.07, 6.45) is 0.607. The van der Waals surface area contributed by atoms with Gasteiger partial charge in [0.25, 0.3) is 11.8 Å². The van der Waals surface area contributed by atoms with Crippen molar-refractivity contribution in [2.24, 2.45) is 7.05 Å². The average molecular weight is 469 g/mol. The van der Waals surface area contributed by atoms with Crippen LogP contribution in [0.15, 0.2) is 42.5 Å². The minimum atomic E-state index is -0.279. The van der Waals surface area contributed by atoms with E-state index in [-0.39, 0.29) is 11.8 Å². The van der Waals surface area contributed by atoms with E-state index in [1.54, 1.807) is 54.1 Å². The van der Waals surface area contributed by atoms with E-state index in [0.717, 1.165) is 16.8 Å². The number of nitrogens with one attached hydrogen (secondary N) is 1. The zero-order valence-corrected chi connectivity index (χ0v) is 19.5. The highest BCUT2D eigenvalue weighted by atomic mass is 35.5. The second-order valence-electron chi connectivity index (χ2n) is 7.78. The molecule has 0 bridgehead atoms. The number of aromatic nitrogens is 2. The van der Waals surface area contributed by atoms with Crippen LogP contribution in [0, 0.1) is 0 Å². The molecule has 33 heavy (non-hydrogen) atoms. The van der Waals surface area contributed by atoms with E-state index in [4.69, 9.17) is 21.1 Å². The van der Waals surface area contributed by atoms with Gasteiger partial charge in [-0.05, 0) is 29.8 Å². The Labute approximate surface area is 197 Å². The third-order valence-corrected chi connectivity index (χ3v) is 5.96. The third-order valence-electron chi connectivity index (χ3n) is 5.71. The number of hydrogen-bond donors (Lipinski definition) is 1. The SMILES string of the molecule is COc1cc(OC)cc(C(=O)N2CCc3c(c(C(=O)NCc4ccc(Cl)cc4)nn3C)C2)c1. The van der Waals surface area contributed by atoms with Crippen LogP contribution in [0.4, 0.5) is 0 Å². The molecule has 8 nitrogen and oxygen atoms in total. The van der Waals surface area contributed by atoms with E-state index in [2.05, 4.69) is 10.4 Å². The van der Waals surface area contributed by atoms with Gasteiger partial charge < -0.3 is 19.7 Å². The van der Waals surface area contributed by atoms with Crippen molar-refractivity contribution in [2.75, 3.05) is 20.8 Å². The molecule has 0 aliphatic carbocycles. The second kappa shape index (κ2) is 9.54. The molecule has 172 valence electrons. The number of nitrogens with zero attached hydrogens (tertiary/aromatic N) is 3. The van der Waals surface area contributed by atoms with Crippen LogP contribution in [0.1, 0.15) is 37.7 Å². The number of halogens is 1. The molecule has 1 N–H and O–H groups in total. The lowest BCUT2D eigenvalue weighted by atomic mass is 10.0. The maximum Gasteiger partial charge on any atom is 0.272 e. The number of hydrogen-bond acceptors (Lipinski definition) is 5. The van der Waals surface area contributed by atoms with Crippen molar-refractivity contribution in [1.29, 1.82) is 0 Å². The molecule has 2 amide bonds. The molecular weight excluding hydrogens is 444 g/mol. The van der Waals surface area contributed by atoms with Crippen molar-refractivity contribution in [3.8, 4) is 11.5 Å². The fraction of sp³-hybridized carbons (Fsp3) is 0.292. The van der Waals surface area contributed by atoms with Crippen molar-refractivity contribution in [3.63, 3.8) is 0 Å². The quantitative estimate of drug-likeness (QED) is 0.600. The number of ether oxygens (including phenoxy) is 2. The van der Waals surface area contributed by atoms with Crippen LogP contribution in [0.5, 0.6) is 11.5 Å². The molecule has 3 aromatic rings. The largest absolute Gasteiger partial charge is 0.497 e. The highest BCUT2D eigenvalue weighted by Crippen LogP contribution is 2.27. The zero-order valence-electron chi connectivity index (χ0n) is 18.7. The Kier molecular flexibility index (Phi) is 6.55. The first-order valence-electron chi connectivity index (χ1n) is 10.5. The Hall–Kier alpha value is -3.52. The smallest absolute Gasteiger partial charge is 0.272 e. The Balaban J connectivity index is 1.53. The summed E-state index contributed by atoms with van der Waals surface area (Å²) in [6.45, 7) is 1.18. The van der Waals surface area contributed by atoms with E-state index < -0.39 is 0 Å². The molecule has 1 aliphatic heterocycles. The summed E-state index contributed by atoms with van der Waals surface area (Å²) in [5, 5.41) is 8.00. The van der Waals surface area contributed by atoms with Crippen molar-refractivity contribution >= 4 is 23.4 Å². The molecule has 0 unspecified atom stereocenters. The molecule has 2 aromatic carbocycles. The lowest BCUT2D eigenvalue weighted by Crippen LogP contribution is -2.37. The summed E-state index contributed by atoms with van der Waals surface area (Å²) in [7, 11) is 4.90. The van der Waals surface area contributed by atoms with Crippen LogP contribution >= 0.6 is 11.6 Å². The number of aryl methyl sites for hydroxylation is 1. The molecular formula is C24H25ClN4O4. The Morgan fingerprint density at radius 3 is 2.39 bits per heavy atom. The Morgan fingerprint density at radius 1 is 1.09 bits per heavy atom. The fourth-order valence-electron chi connectivity index (χ4n) is 3.93. The van der Waals surface area contributed by atoms with Crippen molar-refractivity contribution in [1.82, 2.24) is 20.0 Å². The molecule has 1 aliphatic rings. The Morgan fingerprint density at radius 2 is 1.76 bits per heavy atom. The summed E-state index contributed by atoms with van der Waals surface area (Å²) >= 11 is 5.92. The Bertz CT molecular complexity index is 1170. The lowest BCUT2D eigenvalue weighted by Gasteiger charge is -2.28. The maximum atomic E-state index is 13.2. The first kappa shape index (κ1) is 22.7. The summed E-state index contributed by atoms with van der Waals surface area (Å²) in [5.74, 6) is 0.645. The normalized spacial score (nSPS) is 12.8. The number of methoxy groups -OCH3 is 2. The molecule has 0 radical (unpaired) electrons. The van der Waals surface area contributed by atoms with Gasteiger partial charge in [0, 0.05) is 54.5 Å². The zero-order chi connectivity index (χ0) is 23.5. The van der Waals surface area contributed by atoms with E-state index >= 15 is 0 Å². The van der Waals surface area contributed by atoms with Gasteiger partial charge >= 0.3 is 0 Å². The second-order valence-corrected chi connectivity index (χ2v) is 8.22. The monoisotopic (exact) mass is 468 g/mol. The van der Waals surface area contributed by atoms with Gasteiger partial charge in [-0.2, -0.15) is 5.10 Å². The number of benzene rings is 2. The number of amides is 2. The van der Waals surface area contributed by atoms with Gasteiger partial charge in [0.15, 0.2) is 5.69 Å². The van der Waals surface area contributed by atoms with Gasteiger partial charge in [-0.25, -0.2) is 0 Å². The third kappa shape index (κ3) is 4.80. The molecule has 0 saturated heterocycles. The predicted molar refractivity (Wildman–Crippen MR) is 124 cm³/mol. The maximum absolute atomic E-state index is 13.2. The van der Waals surface area contributed by atoms with Crippen molar-refractivity contribution in [3.05, 3.63) is 75.6 Å². The molecule has 1 aromatic heterocycles. The molecule has 0 saturated carbocycles. The standard InChI is InChI=1S/C24H25ClN4O4/c1-28-21-8-9-29(24(31)16-10-18(32-2)12-19(11-16)33-3)14-20(21)22(27-28)23(30)26-13-15-4-6-17(25)7-5-15/h4-7,10-12H,8-9,13-14H2,1-3H3,(H,26,30). The van der Waals surface area contributed by atoms with E-state index in [1.165, 1.54) is 0 Å².